The van der Waals surface area contributed by atoms with Crippen LogP contribution < -0.4 is 5.73 Å². The normalized spacial score (nSPS) is 10.4. The van der Waals surface area contributed by atoms with Crippen LogP contribution in [0.5, 0.6) is 0 Å². The van der Waals surface area contributed by atoms with Crippen molar-refractivity contribution in [3.05, 3.63) is 52.6 Å². The lowest BCUT2D eigenvalue weighted by molar-refractivity contribution is 0.0602. The van der Waals surface area contributed by atoms with Crippen molar-refractivity contribution in [3.8, 4) is 11.1 Å². The Kier molecular flexibility index (Phi) is 3.90. The molecule has 0 aliphatic heterocycles. The molecule has 2 aromatic rings. The summed E-state index contributed by atoms with van der Waals surface area (Å²) in [4.78, 5) is 11.4. The van der Waals surface area contributed by atoms with Crippen LogP contribution in [0, 0.1) is 11.6 Å². The van der Waals surface area contributed by atoms with E-state index in [9.17, 15) is 13.6 Å². The number of methoxy groups -OCH3 is 1. The van der Waals surface area contributed by atoms with Crippen LogP contribution in [0.15, 0.2) is 30.3 Å². The van der Waals surface area contributed by atoms with E-state index >= 15 is 0 Å². The average Bonchev–Trinajstić information content (AvgIpc) is 2.42. The lowest BCUT2D eigenvalue weighted by Gasteiger charge is -2.09. The number of esters is 1. The van der Waals surface area contributed by atoms with Crippen molar-refractivity contribution in [3.63, 3.8) is 0 Å². The summed E-state index contributed by atoms with van der Waals surface area (Å²) in [5.74, 6) is -2.20. The molecule has 20 heavy (non-hydrogen) atoms. The molecular weight excluding hydrogens is 288 g/mol. The van der Waals surface area contributed by atoms with Gasteiger partial charge in [0.2, 0.25) is 0 Å². The van der Waals surface area contributed by atoms with Crippen LogP contribution in [0.25, 0.3) is 11.1 Å². The maximum atomic E-state index is 13.7. The van der Waals surface area contributed by atoms with Crippen molar-refractivity contribution < 1.29 is 18.3 Å². The Bertz CT molecular complexity index is 689. The first-order valence-electron chi connectivity index (χ1n) is 5.56. The van der Waals surface area contributed by atoms with Crippen LogP contribution in [-0.2, 0) is 4.74 Å². The van der Waals surface area contributed by atoms with E-state index in [2.05, 4.69) is 4.74 Å². The molecule has 0 radical (unpaired) electrons. The van der Waals surface area contributed by atoms with Gasteiger partial charge in [0.05, 0.1) is 17.7 Å². The van der Waals surface area contributed by atoms with Crippen molar-refractivity contribution >= 4 is 23.3 Å². The fraction of sp³-hybridized carbons (Fsp3) is 0.0714. The number of rotatable bonds is 2. The van der Waals surface area contributed by atoms with Gasteiger partial charge in [-0.25, -0.2) is 13.6 Å². The lowest BCUT2D eigenvalue weighted by Crippen LogP contribution is -2.05. The van der Waals surface area contributed by atoms with E-state index in [0.29, 0.717) is 11.6 Å². The van der Waals surface area contributed by atoms with Gasteiger partial charge in [-0.05, 0) is 23.8 Å². The van der Waals surface area contributed by atoms with Crippen LogP contribution in [-0.4, -0.2) is 13.1 Å². The molecule has 0 atom stereocenters. The third-order valence-electron chi connectivity index (χ3n) is 2.78. The molecule has 0 saturated heterocycles. The number of ether oxygens (including phenoxy) is 1. The van der Waals surface area contributed by atoms with Gasteiger partial charge in [-0.15, -0.1) is 0 Å². The summed E-state index contributed by atoms with van der Waals surface area (Å²) in [6.45, 7) is 0. The quantitative estimate of drug-likeness (QED) is 0.523. The summed E-state index contributed by atoms with van der Waals surface area (Å²) in [5, 5.41) is -0.197. The maximum Gasteiger partial charge on any atom is 0.339 e. The Balaban J connectivity index is 2.52. The maximum absolute atomic E-state index is 13.7. The molecule has 0 fully saturated rings. The SMILES string of the molecule is COC(=O)c1ccc(-c2cc(Cl)c(F)cc2F)cc1N. The van der Waals surface area contributed by atoms with Crippen LogP contribution >= 0.6 is 11.6 Å². The van der Waals surface area contributed by atoms with Gasteiger partial charge >= 0.3 is 5.97 Å². The van der Waals surface area contributed by atoms with Gasteiger partial charge < -0.3 is 10.5 Å². The predicted octanol–water partition coefficient (Wildman–Crippen LogP) is 3.65. The summed E-state index contributed by atoms with van der Waals surface area (Å²) in [6, 6.07) is 6.16. The van der Waals surface area contributed by atoms with Crippen LogP contribution in [0.3, 0.4) is 0 Å². The number of hydrogen-bond acceptors (Lipinski definition) is 3. The Morgan fingerprint density at radius 2 is 1.90 bits per heavy atom. The zero-order chi connectivity index (χ0) is 14.9. The van der Waals surface area contributed by atoms with Crippen molar-refractivity contribution in [2.24, 2.45) is 0 Å². The first kappa shape index (κ1) is 14.3. The molecule has 0 aliphatic rings. The second-order valence-corrected chi connectivity index (χ2v) is 4.45. The Labute approximate surface area is 118 Å². The van der Waals surface area contributed by atoms with Crippen molar-refractivity contribution in [1.82, 2.24) is 0 Å². The number of hydrogen-bond donors (Lipinski definition) is 1. The average molecular weight is 298 g/mol. The molecule has 0 aromatic heterocycles. The minimum Gasteiger partial charge on any atom is -0.465 e. The summed E-state index contributed by atoms with van der Waals surface area (Å²) in [5.41, 5.74) is 6.51. The van der Waals surface area contributed by atoms with Crippen LogP contribution in [0.2, 0.25) is 5.02 Å². The number of halogens is 3. The van der Waals surface area contributed by atoms with Gasteiger partial charge in [-0.1, -0.05) is 17.7 Å². The molecule has 6 heteroatoms. The number of benzene rings is 2. The number of nitrogens with two attached hydrogens (primary N) is 1. The Morgan fingerprint density at radius 3 is 2.50 bits per heavy atom. The fourth-order valence-electron chi connectivity index (χ4n) is 1.77. The van der Waals surface area contributed by atoms with Crippen molar-refractivity contribution in [2.45, 2.75) is 0 Å². The highest BCUT2D eigenvalue weighted by Gasteiger charge is 2.14. The molecule has 0 unspecified atom stereocenters. The Morgan fingerprint density at radius 1 is 1.20 bits per heavy atom. The minimum absolute atomic E-state index is 0.0968. The molecule has 104 valence electrons. The highest BCUT2D eigenvalue weighted by Crippen LogP contribution is 2.30. The standard InChI is InChI=1S/C14H10ClF2NO2/c1-20-14(19)8-3-2-7(4-13(8)18)9-5-10(15)12(17)6-11(9)16/h2-6H,18H2,1H3. The van der Waals surface area contributed by atoms with Crippen molar-refractivity contribution in [1.29, 1.82) is 0 Å². The minimum atomic E-state index is -0.841. The van der Waals surface area contributed by atoms with E-state index in [4.69, 9.17) is 17.3 Å². The fourth-order valence-corrected chi connectivity index (χ4v) is 1.93. The van der Waals surface area contributed by atoms with E-state index < -0.39 is 17.6 Å². The van der Waals surface area contributed by atoms with Crippen LogP contribution in [0.4, 0.5) is 14.5 Å². The molecule has 2 N–H and O–H groups in total. The molecule has 0 saturated carbocycles. The summed E-state index contributed by atoms with van der Waals surface area (Å²) < 4.78 is 31.4. The molecule has 0 amide bonds. The molecule has 0 aliphatic carbocycles. The lowest BCUT2D eigenvalue weighted by atomic mass is 10.0. The van der Waals surface area contributed by atoms with Gasteiger partial charge in [0.15, 0.2) is 0 Å². The Hall–Kier alpha value is -2.14. The first-order valence-corrected chi connectivity index (χ1v) is 5.94. The zero-order valence-electron chi connectivity index (χ0n) is 10.4. The first-order chi connectivity index (χ1) is 9.43. The van der Waals surface area contributed by atoms with Crippen LogP contribution in [0.1, 0.15) is 10.4 Å². The van der Waals surface area contributed by atoms with Gasteiger partial charge in [0.25, 0.3) is 0 Å². The summed E-state index contributed by atoms with van der Waals surface area (Å²) in [7, 11) is 1.23. The molecule has 0 spiro atoms. The van der Waals surface area contributed by atoms with Gasteiger partial charge in [0.1, 0.15) is 11.6 Å². The van der Waals surface area contributed by atoms with Gasteiger partial charge in [-0.2, -0.15) is 0 Å². The van der Waals surface area contributed by atoms with Crippen molar-refractivity contribution in [2.75, 3.05) is 12.8 Å². The highest BCUT2D eigenvalue weighted by molar-refractivity contribution is 6.31. The molecule has 2 rings (SSSR count). The second-order valence-electron chi connectivity index (χ2n) is 4.04. The molecule has 0 bridgehead atoms. The molecule has 3 nitrogen and oxygen atoms in total. The van der Waals surface area contributed by atoms with E-state index in [1.807, 2.05) is 0 Å². The summed E-state index contributed by atoms with van der Waals surface area (Å²) in [6.07, 6.45) is 0. The second kappa shape index (κ2) is 5.46. The largest absolute Gasteiger partial charge is 0.465 e. The van der Waals surface area contributed by atoms with Gasteiger partial charge in [-0.3, -0.25) is 0 Å². The monoisotopic (exact) mass is 297 g/mol. The van der Waals surface area contributed by atoms with E-state index in [1.54, 1.807) is 0 Å². The molecule has 2 aromatic carbocycles. The third kappa shape index (κ3) is 2.58. The number of carbonyl (C=O) groups excluding carboxylic acids is 1. The topological polar surface area (TPSA) is 52.3 Å². The zero-order valence-corrected chi connectivity index (χ0v) is 11.2. The third-order valence-corrected chi connectivity index (χ3v) is 3.07. The van der Waals surface area contributed by atoms with E-state index in [0.717, 1.165) is 0 Å². The number of carbonyl (C=O) groups is 1. The predicted molar refractivity (Wildman–Crippen MR) is 72.6 cm³/mol. The number of anilines is 1. The molecular formula is C14H10ClF2NO2. The number of nitrogen functional groups attached to an aromatic ring is 1. The molecule has 0 heterocycles. The summed E-state index contributed by atoms with van der Waals surface area (Å²) >= 11 is 5.63. The van der Waals surface area contributed by atoms with E-state index in [-0.39, 0.29) is 21.8 Å². The van der Waals surface area contributed by atoms with Gasteiger partial charge in [0, 0.05) is 17.3 Å². The van der Waals surface area contributed by atoms with E-state index in [1.165, 1.54) is 31.4 Å². The smallest absolute Gasteiger partial charge is 0.339 e. The highest BCUT2D eigenvalue weighted by atomic mass is 35.5.